The molecule has 1 heterocycles. The summed E-state index contributed by atoms with van der Waals surface area (Å²) in [4.78, 5) is 13.9. The molecule has 1 fully saturated rings. The van der Waals surface area contributed by atoms with Crippen LogP contribution in [0.15, 0.2) is 41.0 Å². The van der Waals surface area contributed by atoms with Crippen molar-refractivity contribution in [3.8, 4) is 0 Å². The smallest absolute Gasteiger partial charge is 0.274 e. The van der Waals surface area contributed by atoms with Crippen molar-refractivity contribution in [1.29, 1.82) is 0 Å². The first kappa shape index (κ1) is 13.4. The predicted octanol–water partition coefficient (Wildman–Crippen LogP) is 4.00. The zero-order valence-corrected chi connectivity index (χ0v) is 12.6. The maximum Gasteiger partial charge on any atom is 0.274 e. The lowest BCUT2D eigenvalue weighted by Crippen LogP contribution is -2.29. The molecule has 20 heavy (non-hydrogen) atoms. The number of halogens is 2. The van der Waals surface area contributed by atoms with E-state index in [9.17, 15) is 9.18 Å². The second kappa shape index (κ2) is 5.05. The third-order valence-electron chi connectivity index (χ3n) is 3.49. The van der Waals surface area contributed by atoms with Crippen LogP contribution in [0.1, 0.15) is 29.4 Å². The standard InChI is InChI=1S/C15H14BrFN2O/c1-18(13-5-3-2-4-12(13)17)15(20)14-8-10(16)9-19(14)11-6-7-11/h2-5,8-9,11H,6-7H2,1H3. The molecule has 0 N–H and O–H groups in total. The Balaban J connectivity index is 1.94. The van der Waals surface area contributed by atoms with Gasteiger partial charge < -0.3 is 9.47 Å². The minimum atomic E-state index is -0.396. The van der Waals surface area contributed by atoms with Crippen LogP contribution < -0.4 is 4.90 Å². The lowest BCUT2D eigenvalue weighted by atomic mass is 10.2. The number of carbonyl (C=O) groups is 1. The van der Waals surface area contributed by atoms with E-state index in [0.717, 1.165) is 17.3 Å². The Morgan fingerprint density at radius 3 is 2.75 bits per heavy atom. The molecular weight excluding hydrogens is 323 g/mol. The van der Waals surface area contributed by atoms with Crippen molar-refractivity contribution >= 4 is 27.5 Å². The van der Waals surface area contributed by atoms with E-state index in [2.05, 4.69) is 15.9 Å². The molecule has 3 rings (SSSR count). The Morgan fingerprint density at radius 2 is 2.10 bits per heavy atom. The van der Waals surface area contributed by atoms with Gasteiger partial charge in [0.1, 0.15) is 11.5 Å². The van der Waals surface area contributed by atoms with Gasteiger partial charge in [-0.2, -0.15) is 0 Å². The van der Waals surface area contributed by atoms with Gasteiger partial charge in [-0.05, 0) is 47.0 Å². The number of carbonyl (C=O) groups excluding carboxylic acids is 1. The van der Waals surface area contributed by atoms with E-state index in [4.69, 9.17) is 0 Å². The van der Waals surface area contributed by atoms with Gasteiger partial charge in [0, 0.05) is 23.8 Å². The molecule has 0 radical (unpaired) electrons. The Kier molecular flexibility index (Phi) is 3.38. The first-order valence-corrected chi connectivity index (χ1v) is 7.27. The number of hydrogen-bond donors (Lipinski definition) is 0. The van der Waals surface area contributed by atoms with Crippen LogP contribution in [0, 0.1) is 5.82 Å². The maximum absolute atomic E-state index is 13.8. The van der Waals surface area contributed by atoms with Crippen LogP contribution in [0.2, 0.25) is 0 Å². The molecule has 1 aromatic carbocycles. The van der Waals surface area contributed by atoms with Crippen molar-refractivity contribution in [2.24, 2.45) is 0 Å². The molecule has 0 bridgehead atoms. The predicted molar refractivity (Wildman–Crippen MR) is 79.5 cm³/mol. The van der Waals surface area contributed by atoms with Crippen LogP contribution in [0.25, 0.3) is 0 Å². The molecule has 0 aliphatic heterocycles. The second-order valence-corrected chi connectivity index (χ2v) is 5.91. The summed E-state index contributed by atoms with van der Waals surface area (Å²) in [5.41, 5.74) is 0.877. The molecule has 2 aromatic rings. The molecule has 1 aliphatic carbocycles. The van der Waals surface area contributed by atoms with E-state index in [1.807, 2.05) is 10.8 Å². The highest BCUT2D eigenvalue weighted by molar-refractivity contribution is 9.10. The van der Waals surface area contributed by atoms with Crippen molar-refractivity contribution in [3.63, 3.8) is 0 Å². The summed E-state index contributed by atoms with van der Waals surface area (Å²) in [5, 5.41) is 0. The first-order valence-electron chi connectivity index (χ1n) is 6.48. The monoisotopic (exact) mass is 336 g/mol. The summed E-state index contributed by atoms with van der Waals surface area (Å²) in [5.74, 6) is -0.598. The third kappa shape index (κ3) is 2.38. The minimum absolute atomic E-state index is 0.201. The number of nitrogens with zero attached hydrogens (tertiary/aromatic N) is 2. The fourth-order valence-corrected chi connectivity index (χ4v) is 2.71. The van der Waals surface area contributed by atoms with Gasteiger partial charge in [-0.15, -0.1) is 0 Å². The Labute approximate surface area is 125 Å². The first-order chi connectivity index (χ1) is 9.58. The normalized spacial score (nSPS) is 14.3. The van der Waals surface area contributed by atoms with Crippen molar-refractivity contribution in [2.45, 2.75) is 18.9 Å². The van der Waals surface area contributed by atoms with E-state index in [1.54, 1.807) is 31.3 Å². The number of rotatable bonds is 3. The summed E-state index contributed by atoms with van der Waals surface area (Å²) >= 11 is 3.40. The van der Waals surface area contributed by atoms with E-state index >= 15 is 0 Å². The zero-order chi connectivity index (χ0) is 14.3. The molecule has 3 nitrogen and oxygen atoms in total. The van der Waals surface area contributed by atoms with Gasteiger partial charge in [0.2, 0.25) is 0 Å². The van der Waals surface area contributed by atoms with Crippen LogP contribution >= 0.6 is 15.9 Å². The van der Waals surface area contributed by atoms with E-state index in [-0.39, 0.29) is 11.6 Å². The molecular formula is C15H14BrFN2O. The quantitative estimate of drug-likeness (QED) is 0.831. The van der Waals surface area contributed by atoms with Gasteiger partial charge in [0.15, 0.2) is 0 Å². The topological polar surface area (TPSA) is 25.2 Å². The van der Waals surface area contributed by atoms with Crippen molar-refractivity contribution in [2.75, 3.05) is 11.9 Å². The van der Waals surface area contributed by atoms with Gasteiger partial charge in [-0.1, -0.05) is 12.1 Å². The highest BCUT2D eigenvalue weighted by Crippen LogP contribution is 2.38. The molecule has 104 valence electrons. The average molecular weight is 337 g/mol. The largest absolute Gasteiger partial charge is 0.339 e. The number of aromatic nitrogens is 1. The molecule has 1 saturated carbocycles. The van der Waals surface area contributed by atoms with E-state index < -0.39 is 5.82 Å². The van der Waals surface area contributed by atoms with Gasteiger partial charge in [-0.25, -0.2) is 4.39 Å². The second-order valence-electron chi connectivity index (χ2n) is 5.00. The molecule has 0 saturated heterocycles. The molecule has 1 aliphatic rings. The number of hydrogen-bond acceptors (Lipinski definition) is 1. The van der Waals surface area contributed by atoms with Gasteiger partial charge >= 0.3 is 0 Å². The van der Waals surface area contributed by atoms with Crippen LogP contribution in [0.4, 0.5) is 10.1 Å². The Bertz CT molecular complexity index is 664. The highest BCUT2D eigenvalue weighted by atomic mass is 79.9. The van der Waals surface area contributed by atoms with Crippen LogP contribution in [0.5, 0.6) is 0 Å². The fraction of sp³-hybridized carbons (Fsp3) is 0.267. The number of benzene rings is 1. The minimum Gasteiger partial charge on any atom is -0.339 e. The highest BCUT2D eigenvalue weighted by Gasteiger charge is 2.29. The molecule has 0 atom stereocenters. The fourth-order valence-electron chi connectivity index (χ4n) is 2.28. The molecule has 5 heteroatoms. The third-order valence-corrected chi connectivity index (χ3v) is 3.93. The number of para-hydroxylation sites is 1. The summed E-state index contributed by atoms with van der Waals surface area (Å²) in [7, 11) is 1.60. The van der Waals surface area contributed by atoms with E-state index in [0.29, 0.717) is 11.7 Å². The van der Waals surface area contributed by atoms with Crippen LogP contribution in [0.3, 0.4) is 0 Å². The molecule has 0 unspecified atom stereocenters. The van der Waals surface area contributed by atoms with Crippen molar-refractivity contribution < 1.29 is 9.18 Å². The Hall–Kier alpha value is -1.62. The van der Waals surface area contributed by atoms with Crippen LogP contribution in [-0.4, -0.2) is 17.5 Å². The summed E-state index contributed by atoms with van der Waals surface area (Å²) in [6.07, 6.45) is 4.09. The van der Waals surface area contributed by atoms with E-state index in [1.165, 1.54) is 11.0 Å². The number of amides is 1. The average Bonchev–Trinajstić information content (AvgIpc) is 3.20. The van der Waals surface area contributed by atoms with Gasteiger partial charge in [0.25, 0.3) is 5.91 Å². The van der Waals surface area contributed by atoms with Crippen LogP contribution in [-0.2, 0) is 0 Å². The summed E-state index contributed by atoms with van der Waals surface area (Å²) < 4.78 is 16.6. The van der Waals surface area contributed by atoms with Gasteiger partial charge in [0.05, 0.1) is 5.69 Å². The molecule has 1 amide bonds. The lowest BCUT2D eigenvalue weighted by molar-refractivity contribution is 0.0983. The summed E-state index contributed by atoms with van der Waals surface area (Å²) in [6, 6.07) is 8.48. The maximum atomic E-state index is 13.8. The number of anilines is 1. The zero-order valence-electron chi connectivity index (χ0n) is 11.0. The Morgan fingerprint density at radius 1 is 1.40 bits per heavy atom. The SMILES string of the molecule is CN(C(=O)c1cc(Br)cn1C1CC1)c1ccccc1F. The van der Waals surface area contributed by atoms with Crippen molar-refractivity contribution in [3.05, 3.63) is 52.5 Å². The van der Waals surface area contributed by atoms with Gasteiger partial charge in [-0.3, -0.25) is 4.79 Å². The lowest BCUT2D eigenvalue weighted by Gasteiger charge is -2.19. The van der Waals surface area contributed by atoms with Crippen molar-refractivity contribution in [1.82, 2.24) is 4.57 Å². The molecule has 1 aromatic heterocycles. The summed E-state index contributed by atoms with van der Waals surface area (Å²) in [6.45, 7) is 0. The molecule has 0 spiro atoms.